The Hall–Kier alpha value is -1.46. The molecule has 0 unspecified atom stereocenters. The van der Waals surface area contributed by atoms with E-state index < -0.39 is 0 Å². The third-order valence-corrected chi connectivity index (χ3v) is 2.99. The summed E-state index contributed by atoms with van der Waals surface area (Å²) in [6.07, 6.45) is 3.39. The topological polar surface area (TPSA) is 48.1 Å². The molecular formula is C13H11BrN2OS. The van der Waals surface area contributed by atoms with Gasteiger partial charge in [-0.1, -0.05) is 36.5 Å². The predicted octanol–water partition coefficient (Wildman–Crippen LogP) is 3.06. The summed E-state index contributed by atoms with van der Waals surface area (Å²) in [5, 5.41) is 0. The molecule has 0 aliphatic heterocycles. The number of nitrogens with two attached hydrogens (primary N) is 1. The highest BCUT2D eigenvalue weighted by Gasteiger charge is 1.99. The summed E-state index contributed by atoms with van der Waals surface area (Å²) in [7, 11) is 0. The first-order valence-corrected chi connectivity index (χ1v) is 6.47. The van der Waals surface area contributed by atoms with Crippen molar-refractivity contribution in [2.24, 2.45) is 5.73 Å². The highest BCUT2D eigenvalue weighted by molar-refractivity contribution is 9.10. The van der Waals surface area contributed by atoms with E-state index >= 15 is 0 Å². The second-order valence-electron chi connectivity index (χ2n) is 3.69. The van der Waals surface area contributed by atoms with Gasteiger partial charge in [-0.15, -0.1) is 0 Å². The first-order valence-electron chi connectivity index (χ1n) is 5.27. The number of aromatic nitrogens is 1. The second-order valence-corrected chi connectivity index (χ2v) is 5.04. The van der Waals surface area contributed by atoms with Crippen molar-refractivity contribution < 1.29 is 4.74 Å². The van der Waals surface area contributed by atoms with E-state index in [1.54, 1.807) is 12.4 Å². The van der Waals surface area contributed by atoms with Gasteiger partial charge in [-0.2, -0.15) is 0 Å². The molecule has 0 spiro atoms. The van der Waals surface area contributed by atoms with Gasteiger partial charge in [0.2, 0.25) is 0 Å². The summed E-state index contributed by atoms with van der Waals surface area (Å²) in [5.41, 5.74) is 7.44. The number of benzene rings is 1. The summed E-state index contributed by atoms with van der Waals surface area (Å²) in [6.45, 7) is 0.482. The van der Waals surface area contributed by atoms with Crippen molar-refractivity contribution >= 4 is 33.1 Å². The van der Waals surface area contributed by atoms with Crippen LogP contribution in [0.1, 0.15) is 11.1 Å². The summed E-state index contributed by atoms with van der Waals surface area (Å²) in [5.74, 6) is 0.725. The first-order chi connectivity index (χ1) is 8.65. The lowest BCUT2D eigenvalue weighted by molar-refractivity contribution is 0.305. The van der Waals surface area contributed by atoms with Crippen molar-refractivity contribution in [3.05, 3.63) is 58.3 Å². The maximum absolute atomic E-state index is 5.62. The van der Waals surface area contributed by atoms with Gasteiger partial charge < -0.3 is 10.5 Å². The SMILES string of the molecule is NC(=S)c1ccc(COc2cncc(Br)c2)cc1. The van der Waals surface area contributed by atoms with Crippen molar-refractivity contribution in [1.29, 1.82) is 0 Å². The van der Waals surface area contributed by atoms with Gasteiger partial charge in [0.25, 0.3) is 0 Å². The third kappa shape index (κ3) is 3.51. The predicted molar refractivity (Wildman–Crippen MR) is 78.6 cm³/mol. The molecule has 1 aromatic heterocycles. The van der Waals surface area contributed by atoms with Crippen LogP contribution < -0.4 is 10.5 Å². The Morgan fingerprint density at radius 3 is 2.61 bits per heavy atom. The van der Waals surface area contributed by atoms with E-state index in [0.29, 0.717) is 11.6 Å². The summed E-state index contributed by atoms with van der Waals surface area (Å²) < 4.78 is 6.51. The van der Waals surface area contributed by atoms with Gasteiger partial charge in [0.15, 0.2) is 0 Å². The molecule has 18 heavy (non-hydrogen) atoms. The normalized spacial score (nSPS) is 10.1. The molecule has 0 atom stereocenters. The van der Waals surface area contributed by atoms with Crippen molar-refractivity contribution in [2.45, 2.75) is 6.61 Å². The van der Waals surface area contributed by atoms with E-state index in [9.17, 15) is 0 Å². The van der Waals surface area contributed by atoms with Crippen LogP contribution in [0.25, 0.3) is 0 Å². The molecule has 0 amide bonds. The standard InChI is InChI=1S/C13H11BrN2OS/c14-11-5-12(7-16-6-11)17-8-9-1-3-10(4-2-9)13(15)18/h1-7H,8H2,(H2,15,18). The summed E-state index contributed by atoms with van der Waals surface area (Å²) in [6, 6.07) is 9.54. The Bertz CT molecular complexity index is 557. The van der Waals surface area contributed by atoms with E-state index in [-0.39, 0.29) is 0 Å². The van der Waals surface area contributed by atoms with Crippen LogP contribution in [0, 0.1) is 0 Å². The molecule has 92 valence electrons. The molecule has 0 saturated heterocycles. The fourth-order valence-electron chi connectivity index (χ4n) is 1.40. The average Bonchev–Trinajstić information content (AvgIpc) is 2.37. The van der Waals surface area contributed by atoms with Crippen LogP contribution in [-0.4, -0.2) is 9.97 Å². The fourth-order valence-corrected chi connectivity index (χ4v) is 1.88. The molecular weight excluding hydrogens is 312 g/mol. The first kappa shape index (κ1) is 13.0. The molecule has 1 aromatic carbocycles. The van der Waals surface area contributed by atoms with E-state index in [4.69, 9.17) is 22.7 Å². The third-order valence-electron chi connectivity index (χ3n) is 2.32. The number of pyridine rings is 1. The monoisotopic (exact) mass is 322 g/mol. The zero-order valence-electron chi connectivity index (χ0n) is 9.47. The Morgan fingerprint density at radius 2 is 2.00 bits per heavy atom. The Labute approximate surface area is 119 Å². The van der Waals surface area contributed by atoms with Crippen LogP contribution in [0.3, 0.4) is 0 Å². The lowest BCUT2D eigenvalue weighted by Gasteiger charge is -2.06. The molecule has 0 radical (unpaired) electrons. The van der Waals surface area contributed by atoms with E-state index in [1.807, 2.05) is 30.3 Å². The van der Waals surface area contributed by atoms with Crippen LogP contribution in [-0.2, 0) is 6.61 Å². The van der Waals surface area contributed by atoms with E-state index in [2.05, 4.69) is 20.9 Å². The zero-order chi connectivity index (χ0) is 13.0. The molecule has 0 bridgehead atoms. The van der Waals surface area contributed by atoms with Crippen LogP contribution in [0.2, 0.25) is 0 Å². The molecule has 2 aromatic rings. The van der Waals surface area contributed by atoms with Gasteiger partial charge >= 0.3 is 0 Å². The molecule has 0 fully saturated rings. The number of nitrogens with zero attached hydrogens (tertiary/aromatic N) is 1. The summed E-state index contributed by atoms with van der Waals surface area (Å²) >= 11 is 8.24. The number of rotatable bonds is 4. The highest BCUT2D eigenvalue weighted by Crippen LogP contribution is 2.17. The Kier molecular flexibility index (Phi) is 4.28. The Morgan fingerprint density at radius 1 is 1.28 bits per heavy atom. The van der Waals surface area contributed by atoms with Gasteiger partial charge in [-0.3, -0.25) is 4.98 Å². The van der Waals surface area contributed by atoms with Gasteiger partial charge in [0.05, 0.1) is 6.20 Å². The minimum absolute atomic E-state index is 0.402. The van der Waals surface area contributed by atoms with Gasteiger partial charge in [-0.05, 0) is 27.6 Å². The largest absolute Gasteiger partial charge is 0.487 e. The molecule has 5 heteroatoms. The number of thiocarbonyl (C=S) groups is 1. The quantitative estimate of drug-likeness (QED) is 0.879. The van der Waals surface area contributed by atoms with Crippen molar-refractivity contribution in [2.75, 3.05) is 0 Å². The van der Waals surface area contributed by atoms with Gasteiger partial charge in [0, 0.05) is 16.2 Å². The van der Waals surface area contributed by atoms with Gasteiger partial charge in [-0.25, -0.2) is 0 Å². The maximum atomic E-state index is 5.62. The second kappa shape index (κ2) is 5.93. The van der Waals surface area contributed by atoms with Crippen molar-refractivity contribution in [3.8, 4) is 5.75 Å². The van der Waals surface area contributed by atoms with Gasteiger partial charge in [0.1, 0.15) is 17.3 Å². The smallest absolute Gasteiger partial charge is 0.139 e. The van der Waals surface area contributed by atoms with E-state index in [0.717, 1.165) is 21.3 Å². The molecule has 0 aliphatic carbocycles. The number of hydrogen-bond acceptors (Lipinski definition) is 3. The Balaban J connectivity index is 2.00. The number of halogens is 1. The minimum atomic E-state index is 0.402. The van der Waals surface area contributed by atoms with Crippen LogP contribution in [0.4, 0.5) is 0 Å². The summed E-state index contributed by atoms with van der Waals surface area (Å²) in [4.78, 5) is 4.43. The number of hydrogen-bond donors (Lipinski definition) is 1. The zero-order valence-corrected chi connectivity index (χ0v) is 11.9. The van der Waals surface area contributed by atoms with Crippen molar-refractivity contribution in [1.82, 2.24) is 4.98 Å². The average molecular weight is 323 g/mol. The molecule has 0 saturated carbocycles. The molecule has 1 heterocycles. The molecule has 2 rings (SSSR count). The highest BCUT2D eigenvalue weighted by atomic mass is 79.9. The minimum Gasteiger partial charge on any atom is -0.487 e. The van der Waals surface area contributed by atoms with Crippen LogP contribution >= 0.6 is 28.1 Å². The maximum Gasteiger partial charge on any atom is 0.139 e. The van der Waals surface area contributed by atoms with Crippen LogP contribution in [0.15, 0.2) is 47.2 Å². The van der Waals surface area contributed by atoms with Crippen LogP contribution in [0.5, 0.6) is 5.75 Å². The lowest BCUT2D eigenvalue weighted by Crippen LogP contribution is -2.09. The molecule has 3 nitrogen and oxygen atoms in total. The number of ether oxygens (including phenoxy) is 1. The lowest BCUT2D eigenvalue weighted by atomic mass is 10.1. The molecule has 0 aliphatic rings. The molecule has 2 N–H and O–H groups in total. The fraction of sp³-hybridized carbons (Fsp3) is 0.0769. The van der Waals surface area contributed by atoms with Crippen molar-refractivity contribution in [3.63, 3.8) is 0 Å². The van der Waals surface area contributed by atoms with E-state index in [1.165, 1.54) is 0 Å².